The fourth-order valence-electron chi connectivity index (χ4n) is 3.12. The molecule has 3 N–H and O–H groups in total. The molecule has 1 unspecified atom stereocenters. The third kappa shape index (κ3) is 6.61. The first kappa shape index (κ1) is 22.4. The Labute approximate surface area is 173 Å². The average molecular weight is 399 g/mol. The number of quaternary nitrogens is 1. The lowest BCUT2D eigenvalue weighted by Gasteiger charge is -2.20. The van der Waals surface area contributed by atoms with Crippen LogP contribution in [-0.4, -0.2) is 38.6 Å². The number of para-hydroxylation sites is 2. The van der Waals surface area contributed by atoms with Crippen molar-refractivity contribution in [3.05, 3.63) is 59.2 Å². The lowest BCUT2D eigenvalue weighted by molar-refractivity contribution is -0.881. The third-order valence-electron chi connectivity index (χ3n) is 5.11. The first-order valence-corrected chi connectivity index (χ1v) is 9.97. The molecule has 2 amide bonds. The van der Waals surface area contributed by atoms with Gasteiger partial charge in [0.05, 0.1) is 25.4 Å². The van der Waals surface area contributed by atoms with Crippen molar-refractivity contribution in [1.82, 2.24) is 5.32 Å². The Balaban J connectivity index is 1.90. The fourth-order valence-corrected chi connectivity index (χ4v) is 3.12. The summed E-state index contributed by atoms with van der Waals surface area (Å²) in [5.74, 6) is 0.387. The van der Waals surface area contributed by atoms with Gasteiger partial charge in [-0.2, -0.15) is 0 Å². The molecule has 6 heteroatoms. The Morgan fingerprint density at radius 3 is 2.38 bits per heavy atom. The highest BCUT2D eigenvalue weighted by atomic mass is 16.5. The summed E-state index contributed by atoms with van der Waals surface area (Å²) in [6.07, 6.45) is 0. The van der Waals surface area contributed by atoms with Gasteiger partial charge in [0.25, 0.3) is 11.8 Å². The van der Waals surface area contributed by atoms with Gasteiger partial charge in [0, 0.05) is 0 Å². The number of amides is 2. The molecule has 0 aromatic heterocycles. The highest BCUT2D eigenvalue weighted by Crippen LogP contribution is 2.22. The summed E-state index contributed by atoms with van der Waals surface area (Å²) >= 11 is 0. The number of rotatable bonds is 9. The van der Waals surface area contributed by atoms with E-state index in [1.165, 1.54) is 11.1 Å². The van der Waals surface area contributed by atoms with Crippen molar-refractivity contribution in [1.29, 1.82) is 0 Å². The second-order valence-corrected chi connectivity index (χ2v) is 7.34. The second kappa shape index (κ2) is 10.6. The van der Waals surface area contributed by atoms with Crippen LogP contribution in [0.15, 0.2) is 42.5 Å². The summed E-state index contributed by atoms with van der Waals surface area (Å²) < 4.78 is 5.26. The Bertz CT molecular complexity index is 851. The van der Waals surface area contributed by atoms with Gasteiger partial charge < -0.3 is 20.3 Å². The first-order valence-electron chi connectivity index (χ1n) is 9.97. The van der Waals surface area contributed by atoms with Crippen molar-refractivity contribution >= 4 is 17.5 Å². The molecule has 2 aromatic rings. The van der Waals surface area contributed by atoms with E-state index in [1.54, 1.807) is 19.2 Å². The standard InChI is InChI=1S/C23H31N3O3/c1-6-26(15-23(28)25-20-9-7-8-10-21(20)29-5)14-22(27)24-18(4)19-12-11-16(2)17(3)13-19/h7-13,18H,6,14-15H2,1-5H3,(H,24,27)(H,25,28)/p+1/t18-/m1/s1. The highest BCUT2D eigenvalue weighted by Gasteiger charge is 2.19. The number of ether oxygens (including phenoxy) is 1. The third-order valence-corrected chi connectivity index (χ3v) is 5.11. The van der Waals surface area contributed by atoms with Crippen LogP contribution in [0.25, 0.3) is 0 Å². The van der Waals surface area contributed by atoms with Gasteiger partial charge in [-0.1, -0.05) is 30.3 Å². The molecule has 0 aliphatic rings. The van der Waals surface area contributed by atoms with E-state index in [9.17, 15) is 9.59 Å². The Kier molecular flexibility index (Phi) is 8.21. The minimum atomic E-state index is -0.152. The van der Waals surface area contributed by atoms with Crippen LogP contribution in [0.2, 0.25) is 0 Å². The van der Waals surface area contributed by atoms with Crippen LogP contribution < -0.4 is 20.3 Å². The van der Waals surface area contributed by atoms with Gasteiger partial charge in [-0.25, -0.2) is 0 Å². The summed E-state index contributed by atoms with van der Waals surface area (Å²) in [7, 11) is 1.57. The molecule has 0 bridgehead atoms. The monoisotopic (exact) mass is 398 g/mol. The molecule has 2 rings (SSSR count). The van der Waals surface area contributed by atoms with Gasteiger partial charge in [0.15, 0.2) is 13.1 Å². The van der Waals surface area contributed by atoms with Gasteiger partial charge in [0.1, 0.15) is 5.75 Å². The molecule has 29 heavy (non-hydrogen) atoms. The van der Waals surface area contributed by atoms with Crippen molar-refractivity contribution in [2.75, 3.05) is 32.1 Å². The first-order chi connectivity index (χ1) is 13.8. The van der Waals surface area contributed by atoms with E-state index in [0.717, 1.165) is 10.5 Å². The molecule has 2 atom stereocenters. The van der Waals surface area contributed by atoms with Crippen LogP contribution >= 0.6 is 0 Å². The number of carbonyl (C=O) groups is 2. The molecule has 0 fully saturated rings. The lowest BCUT2D eigenvalue weighted by atomic mass is 10.0. The number of benzene rings is 2. The number of nitrogens with one attached hydrogen (secondary N) is 3. The molecule has 0 aliphatic carbocycles. The second-order valence-electron chi connectivity index (χ2n) is 7.34. The van der Waals surface area contributed by atoms with E-state index in [-0.39, 0.29) is 30.9 Å². The number of carbonyl (C=O) groups excluding carboxylic acids is 2. The minimum absolute atomic E-state index is 0.0716. The minimum Gasteiger partial charge on any atom is -0.495 e. The number of hydrogen-bond acceptors (Lipinski definition) is 3. The summed E-state index contributed by atoms with van der Waals surface area (Å²) in [4.78, 5) is 25.8. The van der Waals surface area contributed by atoms with Crippen LogP contribution in [0.5, 0.6) is 5.75 Å². The zero-order valence-corrected chi connectivity index (χ0v) is 18.0. The number of likely N-dealkylation sites (N-methyl/N-ethyl adjacent to an activating group) is 1. The predicted molar refractivity (Wildman–Crippen MR) is 115 cm³/mol. The van der Waals surface area contributed by atoms with Gasteiger partial charge >= 0.3 is 0 Å². The van der Waals surface area contributed by atoms with E-state index in [1.807, 2.05) is 32.0 Å². The molecule has 0 radical (unpaired) electrons. The van der Waals surface area contributed by atoms with E-state index in [4.69, 9.17) is 4.74 Å². The fraction of sp³-hybridized carbons (Fsp3) is 0.391. The van der Waals surface area contributed by atoms with Gasteiger partial charge in [0.2, 0.25) is 0 Å². The molecular weight excluding hydrogens is 366 g/mol. The quantitative estimate of drug-likeness (QED) is 0.605. The highest BCUT2D eigenvalue weighted by molar-refractivity contribution is 5.93. The Morgan fingerprint density at radius 1 is 1.03 bits per heavy atom. The van der Waals surface area contributed by atoms with Crippen LogP contribution in [0.3, 0.4) is 0 Å². The van der Waals surface area contributed by atoms with Crippen molar-refractivity contribution in [3.63, 3.8) is 0 Å². The van der Waals surface area contributed by atoms with Crippen molar-refractivity contribution in [2.45, 2.75) is 33.7 Å². The van der Waals surface area contributed by atoms with Crippen molar-refractivity contribution in [3.8, 4) is 5.75 Å². The SMILES string of the molecule is CC[NH+](CC(=O)Nc1ccccc1OC)CC(=O)N[C@H](C)c1ccc(C)c(C)c1. The number of hydrogen-bond donors (Lipinski definition) is 3. The van der Waals surface area contributed by atoms with Crippen molar-refractivity contribution in [2.24, 2.45) is 0 Å². The zero-order chi connectivity index (χ0) is 21.4. The van der Waals surface area contributed by atoms with E-state index in [0.29, 0.717) is 18.0 Å². The zero-order valence-electron chi connectivity index (χ0n) is 18.0. The van der Waals surface area contributed by atoms with Gasteiger partial charge in [-0.3, -0.25) is 9.59 Å². The topological polar surface area (TPSA) is 71.9 Å². The number of methoxy groups -OCH3 is 1. The van der Waals surface area contributed by atoms with Crippen LogP contribution in [0.1, 0.15) is 36.6 Å². The van der Waals surface area contributed by atoms with Gasteiger partial charge in [-0.05, 0) is 56.5 Å². The number of aryl methyl sites for hydroxylation is 2. The molecule has 0 heterocycles. The largest absolute Gasteiger partial charge is 0.495 e. The van der Waals surface area contributed by atoms with Crippen LogP contribution in [-0.2, 0) is 9.59 Å². The normalized spacial score (nSPS) is 12.7. The van der Waals surface area contributed by atoms with E-state index >= 15 is 0 Å². The summed E-state index contributed by atoms with van der Waals surface area (Å²) in [6, 6.07) is 13.4. The molecular formula is C23H32N3O3+. The molecule has 0 aliphatic heterocycles. The maximum atomic E-state index is 12.5. The van der Waals surface area contributed by atoms with Crippen LogP contribution in [0.4, 0.5) is 5.69 Å². The van der Waals surface area contributed by atoms with Crippen LogP contribution in [0, 0.1) is 13.8 Å². The summed E-state index contributed by atoms with van der Waals surface area (Å²) in [5, 5.41) is 5.90. The molecule has 0 spiro atoms. The molecule has 0 saturated carbocycles. The Hall–Kier alpha value is -2.86. The number of anilines is 1. The summed E-state index contributed by atoms with van der Waals surface area (Å²) in [5.41, 5.74) is 4.14. The Morgan fingerprint density at radius 2 is 1.72 bits per heavy atom. The van der Waals surface area contributed by atoms with Crippen molar-refractivity contribution < 1.29 is 19.2 Å². The maximum absolute atomic E-state index is 12.5. The van der Waals surface area contributed by atoms with E-state index < -0.39 is 0 Å². The molecule has 2 aromatic carbocycles. The molecule has 156 valence electrons. The molecule has 6 nitrogen and oxygen atoms in total. The predicted octanol–water partition coefficient (Wildman–Crippen LogP) is 2.03. The van der Waals surface area contributed by atoms with Gasteiger partial charge in [-0.15, -0.1) is 0 Å². The average Bonchev–Trinajstić information content (AvgIpc) is 2.69. The lowest BCUT2D eigenvalue weighted by Crippen LogP contribution is -3.14. The maximum Gasteiger partial charge on any atom is 0.279 e. The molecule has 0 saturated heterocycles. The smallest absolute Gasteiger partial charge is 0.279 e. The van der Waals surface area contributed by atoms with E-state index in [2.05, 4.69) is 36.6 Å². The summed E-state index contributed by atoms with van der Waals surface area (Å²) in [6.45, 7) is 9.20.